The van der Waals surface area contributed by atoms with E-state index in [0.717, 1.165) is 114 Å². The molecule has 4 fully saturated rings. The van der Waals surface area contributed by atoms with Crippen LogP contribution < -0.4 is 21.7 Å². The van der Waals surface area contributed by atoms with Gasteiger partial charge in [0, 0.05) is 38.4 Å². The van der Waals surface area contributed by atoms with Gasteiger partial charge < -0.3 is 42.1 Å². The zero-order chi connectivity index (χ0) is 64.5. The monoisotopic (exact) mass is 1720 g/mol. The zero-order valence-electron chi connectivity index (χ0n) is 49.4. The lowest BCUT2D eigenvalue weighted by atomic mass is 10.2. The van der Waals surface area contributed by atoms with E-state index in [1.165, 1.54) is 0 Å². The molecule has 0 bridgehead atoms. The molecule has 8 heterocycles. The van der Waals surface area contributed by atoms with E-state index in [-0.39, 0.29) is 53.9 Å². The molecule has 480 valence electrons. The maximum Gasteiger partial charge on any atom is 0.225 e. The lowest BCUT2D eigenvalue weighted by molar-refractivity contribution is 0.181. The van der Waals surface area contributed by atoms with Gasteiger partial charge in [-0.2, -0.15) is 38.7 Å². The van der Waals surface area contributed by atoms with Crippen LogP contribution in [0.3, 0.4) is 0 Å². The number of nitrogens with zero attached hydrogens (tertiary/aromatic N) is 20. The van der Waals surface area contributed by atoms with Crippen LogP contribution in [0.25, 0.3) is 67.4 Å². The largest absolute Gasteiger partial charge is 0.393 e. The number of benzene rings is 4. The minimum absolute atomic E-state index is 0.102. The Kier molecular flexibility index (Phi) is 21.9. The highest BCUT2D eigenvalue weighted by Crippen LogP contribution is 2.27. The van der Waals surface area contributed by atoms with Crippen LogP contribution in [0.2, 0.25) is 5.28 Å². The van der Waals surface area contributed by atoms with Gasteiger partial charge in [-0.15, -0.1) is 20.4 Å². The van der Waals surface area contributed by atoms with Crippen molar-refractivity contribution < 1.29 is 20.4 Å². The summed E-state index contributed by atoms with van der Waals surface area (Å²) in [5.41, 5.74) is 14.3. The number of fused-ring (bicyclic) bond motifs is 4. The van der Waals surface area contributed by atoms with E-state index in [9.17, 15) is 15.3 Å². The number of aliphatic hydroxyl groups excluding tert-OH is 4. The van der Waals surface area contributed by atoms with Gasteiger partial charge in [0.1, 0.15) is 0 Å². The first-order chi connectivity index (χ1) is 45.1. The second-order valence-electron chi connectivity index (χ2n) is 22.6. The maximum absolute atomic E-state index is 9.63. The average molecular weight is 1730 g/mol. The molecule has 93 heavy (non-hydrogen) atoms. The highest BCUT2D eigenvalue weighted by atomic mass is 127. The number of rotatable bonds is 10. The molecule has 12 aromatic rings. The van der Waals surface area contributed by atoms with Crippen molar-refractivity contribution in [1.82, 2.24) is 99.8 Å². The third-order valence-electron chi connectivity index (χ3n) is 15.7. The average Bonchev–Trinajstić information content (AvgIpc) is 1.85. The Morgan fingerprint density at radius 2 is 0.634 bits per heavy atom. The number of nitrogens with one attached hydrogen (secondary N) is 3. The first-order valence-electron chi connectivity index (χ1n) is 29.9. The third-order valence-corrected chi connectivity index (χ3v) is 18.7. The van der Waals surface area contributed by atoms with E-state index in [4.69, 9.17) is 22.4 Å². The molecule has 0 radical (unpaired) electrons. The summed E-state index contributed by atoms with van der Waals surface area (Å²) < 4.78 is 11.4. The van der Waals surface area contributed by atoms with E-state index in [1.54, 1.807) is 43.5 Å². The molecule has 0 aliphatic heterocycles. The first-order valence-corrected chi connectivity index (χ1v) is 34.6. The molecule has 28 nitrogen and oxygen atoms in total. The van der Waals surface area contributed by atoms with Crippen molar-refractivity contribution in [2.45, 2.75) is 126 Å². The van der Waals surface area contributed by atoms with E-state index in [1.807, 2.05) is 97.1 Å². The summed E-state index contributed by atoms with van der Waals surface area (Å²) >= 11 is 14.8. The Balaban J connectivity index is 0.000000116. The van der Waals surface area contributed by atoms with E-state index >= 15 is 0 Å². The number of halogens is 5. The Labute approximate surface area is 590 Å². The van der Waals surface area contributed by atoms with Crippen LogP contribution in [-0.4, -0.2) is 169 Å². The van der Waals surface area contributed by atoms with Gasteiger partial charge >= 0.3 is 0 Å². The molecule has 33 heteroatoms. The molecule has 0 saturated heterocycles. The van der Waals surface area contributed by atoms with Crippen LogP contribution in [0.15, 0.2) is 122 Å². The number of aliphatic hydroxyl groups is 4. The standard InChI is InChI=1S/3C15H15IN6O.C10H5ClIN5.C5H11NO/c3*16-9-1-4-11(5-2-9)22-14-13(20-21-22)8-17-15(19-14)18-10-3-6-12(23)7-10;11-10-13-5-8-9(14-10)17(16-15-8)7-3-1-6(12)2-4-7;6-4-1-2-5(7)3-4/h3*1-2,4-5,8,10,12,23H,3,6-7H2,(H,17,18,19);1-5H;4-5,7H,1-3,6H2/t3*10-,12-;;4-,5-/m110.1/s1. The van der Waals surface area contributed by atoms with Gasteiger partial charge in [0.2, 0.25) is 23.1 Å². The number of aromatic nitrogens is 20. The van der Waals surface area contributed by atoms with Gasteiger partial charge in [0.05, 0.1) is 72.0 Å². The quantitative estimate of drug-likeness (QED) is 0.0468. The van der Waals surface area contributed by atoms with Crippen LogP contribution in [0.4, 0.5) is 17.8 Å². The van der Waals surface area contributed by atoms with Crippen LogP contribution in [0.5, 0.6) is 0 Å². The van der Waals surface area contributed by atoms with Crippen LogP contribution >= 0.6 is 102 Å². The highest BCUT2D eigenvalue weighted by molar-refractivity contribution is 14.1. The van der Waals surface area contributed by atoms with E-state index in [0.29, 0.717) is 62.5 Å². The smallest absolute Gasteiger partial charge is 0.225 e. The summed E-state index contributed by atoms with van der Waals surface area (Å²) in [4.78, 5) is 34.5. The van der Waals surface area contributed by atoms with Crippen molar-refractivity contribution in [3.05, 3.63) is 141 Å². The lowest BCUT2D eigenvalue weighted by Gasteiger charge is -2.11. The number of anilines is 3. The SMILES string of the molecule is Clc1ncc2nnn(-c3ccc(I)cc3)c2n1.N[C@@H]1CC[C@@H](O)C1.O[C@@H]1CC[C@@H](Nc2ncc3nnn(-c4ccc(I)cc4)c3n2)C1.O[C@@H]1CC[C@@H](Nc2ncc3nnn(-c4ccc(I)cc4)c3n2)C1.O[C@H]1CC[C@H](Nc2ncc3nnn(-c4ccc(I)cc4)c3n2)C1. The second-order valence-corrected chi connectivity index (χ2v) is 27.9. The molecule has 0 amide bonds. The molecule has 8 atom stereocenters. The molecule has 9 N–H and O–H groups in total. The highest BCUT2D eigenvalue weighted by Gasteiger charge is 2.27. The minimum Gasteiger partial charge on any atom is -0.393 e. The van der Waals surface area contributed by atoms with Crippen LogP contribution in [0.1, 0.15) is 77.0 Å². The Bertz CT molecular complexity index is 4110. The van der Waals surface area contributed by atoms with Gasteiger partial charge in [-0.1, -0.05) is 20.9 Å². The van der Waals surface area contributed by atoms with Crippen LogP contribution in [0, 0.1) is 14.3 Å². The van der Waals surface area contributed by atoms with Crippen molar-refractivity contribution in [3.8, 4) is 22.7 Å². The maximum atomic E-state index is 9.63. The summed E-state index contributed by atoms with van der Waals surface area (Å²) in [7, 11) is 0. The molecule has 16 rings (SSSR count). The molecule has 8 aromatic heterocycles. The van der Waals surface area contributed by atoms with Gasteiger partial charge in [-0.25, -0.2) is 19.9 Å². The van der Waals surface area contributed by atoms with Crippen molar-refractivity contribution in [3.63, 3.8) is 0 Å². The fraction of sp³-hybridized carbons (Fsp3) is 0.333. The normalized spacial score (nSPS) is 20.7. The predicted molar refractivity (Wildman–Crippen MR) is 383 cm³/mol. The fourth-order valence-corrected chi connectivity index (χ4v) is 12.5. The summed E-state index contributed by atoms with van der Waals surface area (Å²) in [5.74, 6) is 1.64. The molecule has 0 unspecified atom stereocenters. The van der Waals surface area contributed by atoms with Crippen molar-refractivity contribution in [2.24, 2.45) is 5.73 Å². The molecular weight excluding hydrogens is 1660 g/mol. The van der Waals surface area contributed by atoms with Crippen molar-refractivity contribution >= 4 is 164 Å². The molecule has 4 aliphatic carbocycles. The Hall–Kier alpha value is -6.79. The minimum atomic E-state index is -0.227. The second kappa shape index (κ2) is 30.7. The summed E-state index contributed by atoms with van der Waals surface area (Å²) in [6, 6.07) is 32.8. The number of hydrogen-bond acceptors (Lipinski definition) is 24. The van der Waals surface area contributed by atoms with Gasteiger partial charge in [-0.05, 0) is 276 Å². The Morgan fingerprint density at radius 1 is 0.366 bits per heavy atom. The summed E-state index contributed by atoms with van der Waals surface area (Å²) in [6.45, 7) is 0. The Morgan fingerprint density at radius 3 is 0.882 bits per heavy atom. The van der Waals surface area contributed by atoms with Gasteiger partial charge in [0.15, 0.2) is 44.7 Å². The fourth-order valence-electron chi connectivity index (χ4n) is 10.9. The predicted octanol–water partition coefficient (Wildman–Crippen LogP) is 8.75. The molecule has 0 spiro atoms. The first kappa shape index (κ1) is 66.2. The molecular formula is C60H61ClI4N24O4. The lowest BCUT2D eigenvalue weighted by Crippen LogP contribution is -2.18. The summed E-state index contributed by atoms with van der Waals surface area (Å²) in [6.07, 6.45) is 15.9. The molecule has 4 aromatic carbocycles. The number of hydrogen-bond donors (Lipinski definition) is 8. The van der Waals surface area contributed by atoms with E-state index in [2.05, 4.69) is 187 Å². The number of nitrogens with two attached hydrogens (primary N) is 1. The topological polar surface area (TPSA) is 369 Å². The third kappa shape index (κ3) is 17.2. The van der Waals surface area contributed by atoms with Gasteiger partial charge in [0.25, 0.3) is 0 Å². The van der Waals surface area contributed by atoms with Gasteiger partial charge in [-0.3, -0.25) is 0 Å². The zero-order valence-corrected chi connectivity index (χ0v) is 58.7. The molecule has 4 aliphatic rings. The van der Waals surface area contributed by atoms with Crippen molar-refractivity contribution in [2.75, 3.05) is 16.0 Å². The van der Waals surface area contributed by atoms with Crippen LogP contribution in [-0.2, 0) is 0 Å². The van der Waals surface area contributed by atoms with E-state index < -0.39 is 0 Å². The summed E-state index contributed by atoms with van der Waals surface area (Å²) in [5, 5.41) is 80.7. The van der Waals surface area contributed by atoms with Crippen molar-refractivity contribution in [1.29, 1.82) is 0 Å². The molecule has 4 saturated carbocycles.